The summed E-state index contributed by atoms with van der Waals surface area (Å²) in [6.07, 6.45) is 0.512. The maximum atomic E-state index is 11.3. The third-order valence-electron chi connectivity index (χ3n) is 3.51. The predicted octanol–water partition coefficient (Wildman–Crippen LogP) is 2.03. The van der Waals surface area contributed by atoms with Gasteiger partial charge in [0.05, 0.1) is 12.0 Å². The summed E-state index contributed by atoms with van der Waals surface area (Å²) in [6.45, 7) is 9.29. The van der Waals surface area contributed by atoms with Crippen LogP contribution in [-0.4, -0.2) is 29.1 Å². The van der Waals surface area contributed by atoms with Gasteiger partial charge in [0.2, 0.25) is 0 Å². The van der Waals surface area contributed by atoms with E-state index in [4.69, 9.17) is 9.47 Å². The Morgan fingerprint density at radius 2 is 2.00 bits per heavy atom. The Kier molecular flexibility index (Phi) is 2.87. The average Bonchev–Trinajstić information content (AvgIpc) is 2.40. The number of carboxylic acid groups (broad SMARTS) is 1. The quantitative estimate of drug-likeness (QED) is 0.784. The van der Waals surface area contributed by atoms with Gasteiger partial charge >= 0.3 is 5.97 Å². The van der Waals surface area contributed by atoms with Crippen LogP contribution >= 0.6 is 0 Å². The molecule has 0 bridgehead atoms. The summed E-state index contributed by atoms with van der Waals surface area (Å²) in [4.78, 5) is 11.3. The molecule has 0 aliphatic carbocycles. The van der Waals surface area contributed by atoms with E-state index in [1.807, 2.05) is 6.92 Å². The normalized spacial score (nSPS) is 33.7. The predicted molar refractivity (Wildman–Crippen MR) is 55.6 cm³/mol. The lowest BCUT2D eigenvalue weighted by Crippen LogP contribution is -2.51. The van der Waals surface area contributed by atoms with Crippen molar-refractivity contribution in [2.75, 3.05) is 6.61 Å². The van der Waals surface area contributed by atoms with Crippen LogP contribution in [0.2, 0.25) is 0 Å². The van der Waals surface area contributed by atoms with Crippen molar-refractivity contribution in [3.63, 3.8) is 0 Å². The van der Waals surface area contributed by atoms with E-state index < -0.39 is 22.8 Å². The lowest BCUT2D eigenvalue weighted by molar-refractivity contribution is -0.195. The molecule has 0 amide bonds. The minimum atomic E-state index is -0.916. The molecule has 4 heteroatoms. The Morgan fingerprint density at radius 3 is 2.27 bits per heavy atom. The first-order valence-electron chi connectivity index (χ1n) is 5.24. The first kappa shape index (κ1) is 12.5. The molecule has 1 heterocycles. The maximum Gasteiger partial charge on any atom is 0.312 e. The van der Waals surface area contributed by atoms with Crippen molar-refractivity contribution >= 4 is 5.97 Å². The van der Waals surface area contributed by atoms with E-state index in [0.29, 0.717) is 13.0 Å². The van der Waals surface area contributed by atoms with E-state index in [-0.39, 0.29) is 0 Å². The molecule has 0 aromatic carbocycles. The van der Waals surface area contributed by atoms with Crippen molar-refractivity contribution in [2.24, 2.45) is 5.41 Å². The summed E-state index contributed by atoms with van der Waals surface area (Å²) in [7, 11) is 0. The molecule has 0 radical (unpaired) electrons. The van der Waals surface area contributed by atoms with Gasteiger partial charge in [0.1, 0.15) is 5.60 Å². The molecule has 1 saturated heterocycles. The van der Waals surface area contributed by atoms with Crippen LogP contribution in [0.25, 0.3) is 0 Å². The summed E-state index contributed by atoms with van der Waals surface area (Å²) in [6, 6.07) is 0. The van der Waals surface area contributed by atoms with Crippen molar-refractivity contribution in [3.8, 4) is 0 Å². The monoisotopic (exact) mass is 216 g/mol. The molecule has 0 spiro atoms. The maximum absolute atomic E-state index is 11.3. The number of carboxylic acids is 1. The van der Waals surface area contributed by atoms with Crippen molar-refractivity contribution in [3.05, 3.63) is 0 Å². The van der Waals surface area contributed by atoms with E-state index in [9.17, 15) is 9.90 Å². The minimum absolute atomic E-state index is 0.316. The molecule has 2 atom stereocenters. The fraction of sp³-hybridized carbons (Fsp3) is 0.909. The van der Waals surface area contributed by atoms with E-state index in [0.717, 1.165) is 0 Å². The molecule has 0 aromatic rings. The summed E-state index contributed by atoms with van der Waals surface area (Å²) in [5.74, 6) is -1.53. The molecular weight excluding hydrogens is 196 g/mol. The zero-order chi connectivity index (χ0) is 11.9. The van der Waals surface area contributed by atoms with Crippen LogP contribution in [0.1, 0.15) is 41.0 Å². The van der Waals surface area contributed by atoms with Gasteiger partial charge in [-0.1, -0.05) is 6.92 Å². The van der Waals surface area contributed by atoms with Gasteiger partial charge in [0.15, 0.2) is 5.79 Å². The van der Waals surface area contributed by atoms with Gasteiger partial charge < -0.3 is 14.6 Å². The van der Waals surface area contributed by atoms with E-state index >= 15 is 0 Å². The number of ether oxygens (including phenoxy) is 2. The lowest BCUT2D eigenvalue weighted by Gasteiger charge is -2.39. The third kappa shape index (κ3) is 1.88. The standard InChI is InChI=1S/C11H20O4/c1-6-10(4,8(12)13)11(5)7-14-9(2,3)15-11/h6-7H2,1-5H3,(H,12,13). The van der Waals surface area contributed by atoms with Gasteiger partial charge in [-0.2, -0.15) is 0 Å². The Bertz CT molecular complexity index is 274. The summed E-state index contributed by atoms with van der Waals surface area (Å²) >= 11 is 0. The van der Waals surface area contributed by atoms with Crippen LogP contribution in [0, 0.1) is 5.41 Å². The first-order valence-corrected chi connectivity index (χ1v) is 5.24. The second-order valence-corrected chi connectivity index (χ2v) is 5.01. The number of hydrogen-bond donors (Lipinski definition) is 1. The van der Waals surface area contributed by atoms with E-state index in [1.165, 1.54) is 0 Å². The largest absolute Gasteiger partial charge is 0.481 e. The fourth-order valence-corrected chi connectivity index (χ4v) is 1.94. The zero-order valence-electron chi connectivity index (χ0n) is 10.1. The summed E-state index contributed by atoms with van der Waals surface area (Å²) in [5.41, 5.74) is -1.68. The number of rotatable bonds is 3. The number of hydrogen-bond acceptors (Lipinski definition) is 3. The molecule has 2 unspecified atom stereocenters. The van der Waals surface area contributed by atoms with Gasteiger partial charge in [-0.3, -0.25) is 4.79 Å². The smallest absolute Gasteiger partial charge is 0.312 e. The highest BCUT2D eigenvalue weighted by atomic mass is 16.8. The molecular formula is C11H20O4. The van der Waals surface area contributed by atoms with Crippen LogP contribution in [0.4, 0.5) is 0 Å². The van der Waals surface area contributed by atoms with E-state index in [2.05, 4.69) is 0 Å². The van der Waals surface area contributed by atoms with Crippen molar-refractivity contribution < 1.29 is 19.4 Å². The molecule has 1 rings (SSSR count). The molecule has 1 aliphatic heterocycles. The molecule has 1 N–H and O–H groups in total. The number of carbonyl (C=O) groups is 1. The minimum Gasteiger partial charge on any atom is -0.481 e. The summed E-state index contributed by atoms with van der Waals surface area (Å²) < 4.78 is 11.2. The molecule has 0 aromatic heterocycles. The lowest BCUT2D eigenvalue weighted by atomic mass is 9.72. The molecule has 0 saturated carbocycles. The molecule has 1 fully saturated rings. The Labute approximate surface area is 90.6 Å². The number of aliphatic carboxylic acids is 1. The topological polar surface area (TPSA) is 55.8 Å². The van der Waals surface area contributed by atoms with Crippen molar-refractivity contribution in [1.82, 2.24) is 0 Å². The SMILES string of the molecule is CCC(C)(C(=O)O)C1(C)COC(C)(C)O1. The van der Waals surface area contributed by atoms with Crippen LogP contribution in [0.3, 0.4) is 0 Å². The highest BCUT2D eigenvalue weighted by molar-refractivity contribution is 5.75. The summed E-state index contributed by atoms with van der Waals surface area (Å²) in [5, 5.41) is 9.29. The third-order valence-corrected chi connectivity index (χ3v) is 3.51. The van der Waals surface area contributed by atoms with E-state index in [1.54, 1.807) is 27.7 Å². The Morgan fingerprint density at radius 1 is 1.47 bits per heavy atom. The van der Waals surface area contributed by atoms with Crippen LogP contribution in [0.15, 0.2) is 0 Å². The zero-order valence-corrected chi connectivity index (χ0v) is 10.1. The molecule has 15 heavy (non-hydrogen) atoms. The van der Waals surface area contributed by atoms with Gasteiger partial charge in [-0.05, 0) is 34.1 Å². The van der Waals surface area contributed by atoms with Crippen LogP contribution < -0.4 is 0 Å². The molecule has 88 valence electrons. The Balaban J connectivity index is 3.00. The molecule has 4 nitrogen and oxygen atoms in total. The van der Waals surface area contributed by atoms with Crippen molar-refractivity contribution in [1.29, 1.82) is 0 Å². The fourth-order valence-electron chi connectivity index (χ4n) is 1.94. The van der Waals surface area contributed by atoms with Gasteiger partial charge in [-0.25, -0.2) is 0 Å². The highest BCUT2D eigenvalue weighted by Crippen LogP contribution is 2.45. The Hall–Kier alpha value is -0.610. The highest BCUT2D eigenvalue weighted by Gasteiger charge is 2.56. The van der Waals surface area contributed by atoms with Crippen LogP contribution in [-0.2, 0) is 14.3 Å². The first-order chi connectivity index (χ1) is 6.67. The molecule has 1 aliphatic rings. The average molecular weight is 216 g/mol. The van der Waals surface area contributed by atoms with Gasteiger partial charge in [0, 0.05) is 0 Å². The second-order valence-electron chi connectivity index (χ2n) is 5.01. The van der Waals surface area contributed by atoms with Crippen LogP contribution in [0.5, 0.6) is 0 Å². The second kappa shape index (κ2) is 3.46. The van der Waals surface area contributed by atoms with Gasteiger partial charge in [-0.15, -0.1) is 0 Å². The van der Waals surface area contributed by atoms with Crippen molar-refractivity contribution in [2.45, 2.75) is 52.4 Å². The van der Waals surface area contributed by atoms with Gasteiger partial charge in [0.25, 0.3) is 0 Å².